The van der Waals surface area contributed by atoms with Crippen LogP contribution in [-0.2, 0) is 19.5 Å². The summed E-state index contributed by atoms with van der Waals surface area (Å²) in [6.07, 6.45) is 11.9. The van der Waals surface area contributed by atoms with Crippen molar-refractivity contribution in [3.05, 3.63) is 0 Å². The summed E-state index contributed by atoms with van der Waals surface area (Å²) < 4.78 is 0. The van der Waals surface area contributed by atoms with Crippen LogP contribution in [0, 0.1) is 23.7 Å². The molecule has 2 rings (SSSR count). The third-order valence-corrected chi connectivity index (χ3v) is 4.69. The SMILES string of the molecule is CC(C)C1CCCC1.CC(C)C1CCCC1.[Ru]. The van der Waals surface area contributed by atoms with Crippen molar-refractivity contribution in [2.75, 3.05) is 0 Å². The van der Waals surface area contributed by atoms with E-state index in [-0.39, 0.29) is 19.5 Å². The van der Waals surface area contributed by atoms with Gasteiger partial charge in [0.25, 0.3) is 0 Å². The van der Waals surface area contributed by atoms with Crippen LogP contribution in [0.4, 0.5) is 0 Å². The van der Waals surface area contributed by atoms with Gasteiger partial charge in [-0.15, -0.1) is 0 Å². The zero-order valence-electron chi connectivity index (χ0n) is 12.3. The molecule has 0 unspecified atom stereocenters. The molecule has 2 aliphatic rings. The van der Waals surface area contributed by atoms with E-state index >= 15 is 0 Å². The van der Waals surface area contributed by atoms with Gasteiger partial charge in [0.15, 0.2) is 0 Å². The molecular weight excluding hydrogens is 293 g/mol. The van der Waals surface area contributed by atoms with Gasteiger partial charge in [-0.25, -0.2) is 0 Å². The third kappa shape index (κ3) is 6.95. The van der Waals surface area contributed by atoms with E-state index in [1.54, 1.807) is 0 Å². The minimum absolute atomic E-state index is 0. The number of hydrogen-bond acceptors (Lipinski definition) is 0. The van der Waals surface area contributed by atoms with Gasteiger partial charge in [-0.2, -0.15) is 0 Å². The quantitative estimate of drug-likeness (QED) is 0.574. The molecule has 0 atom stereocenters. The van der Waals surface area contributed by atoms with Crippen LogP contribution in [0.1, 0.15) is 79.1 Å². The van der Waals surface area contributed by atoms with Crippen molar-refractivity contribution >= 4 is 0 Å². The second kappa shape index (κ2) is 9.54. The summed E-state index contributed by atoms with van der Waals surface area (Å²) in [5.74, 6) is 4.01. The summed E-state index contributed by atoms with van der Waals surface area (Å²) in [5.41, 5.74) is 0. The third-order valence-electron chi connectivity index (χ3n) is 4.69. The Bertz CT molecular complexity index is 142. The Morgan fingerprint density at radius 3 is 0.941 bits per heavy atom. The van der Waals surface area contributed by atoms with Crippen molar-refractivity contribution in [1.29, 1.82) is 0 Å². The van der Waals surface area contributed by atoms with E-state index in [1.165, 1.54) is 51.4 Å². The second-order valence-corrected chi connectivity index (χ2v) is 6.58. The van der Waals surface area contributed by atoms with Crippen LogP contribution < -0.4 is 0 Å². The Morgan fingerprint density at radius 1 is 0.588 bits per heavy atom. The Labute approximate surface area is 122 Å². The van der Waals surface area contributed by atoms with Crippen LogP contribution in [0.2, 0.25) is 0 Å². The normalized spacial score (nSPS) is 21.5. The monoisotopic (exact) mass is 326 g/mol. The molecule has 0 radical (unpaired) electrons. The molecule has 104 valence electrons. The summed E-state index contributed by atoms with van der Waals surface area (Å²) in [5, 5.41) is 0. The van der Waals surface area contributed by atoms with Gasteiger partial charge in [-0.1, -0.05) is 79.1 Å². The first kappa shape index (κ1) is 17.6. The smallest absolute Gasteiger partial charge is 0 e. The summed E-state index contributed by atoms with van der Waals surface area (Å²) in [4.78, 5) is 0. The largest absolute Gasteiger partial charge is 0.0625 e. The number of hydrogen-bond donors (Lipinski definition) is 0. The van der Waals surface area contributed by atoms with E-state index in [4.69, 9.17) is 0 Å². The first-order chi connectivity index (χ1) is 7.61. The average Bonchev–Trinajstić information content (AvgIpc) is 2.93. The van der Waals surface area contributed by atoms with Gasteiger partial charge < -0.3 is 0 Å². The molecular formula is C16H32Ru. The molecule has 2 aliphatic carbocycles. The van der Waals surface area contributed by atoms with Crippen molar-refractivity contribution < 1.29 is 19.5 Å². The van der Waals surface area contributed by atoms with Gasteiger partial charge in [-0.3, -0.25) is 0 Å². The summed E-state index contributed by atoms with van der Waals surface area (Å²) in [6.45, 7) is 9.37. The van der Waals surface area contributed by atoms with Crippen LogP contribution in [0.5, 0.6) is 0 Å². The van der Waals surface area contributed by atoms with Gasteiger partial charge in [0.1, 0.15) is 0 Å². The molecule has 0 aliphatic heterocycles. The summed E-state index contributed by atoms with van der Waals surface area (Å²) in [7, 11) is 0. The van der Waals surface area contributed by atoms with Crippen molar-refractivity contribution in [2.45, 2.75) is 79.1 Å². The molecule has 1 heteroatoms. The minimum Gasteiger partial charge on any atom is -0.0625 e. The van der Waals surface area contributed by atoms with E-state index in [2.05, 4.69) is 27.7 Å². The van der Waals surface area contributed by atoms with Gasteiger partial charge in [0.05, 0.1) is 0 Å². The predicted octanol–water partition coefficient (Wildman–Crippen LogP) is 5.66. The van der Waals surface area contributed by atoms with Crippen LogP contribution in [-0.4, -0.2) is 0 Å². The molecule has 0 N–H and O–H groups in total. The zero-order valence-corrected chi connectivity index (χ0v) is 14.1. The molecule has 0 aromatic heterocycles. The van der Waals surface area contributed by atoms with Crippen LogP contribution in [0.25, 0.3) is 0 Å². The maximum atomic E-state index is 2.34. The molecule has 0 aromatic carbocycles. The zero-order chi connectivity index (χ0) is 12.0. The average molecular weight is 326 g/mol. The number of rotatable bonds is 2. The molecule has 0 heterocycles. The molecule has 0 spiro atoms. The second-order valence-electron chi connectivity index (χ2n) is 6.58. The topological polar surface area (TPSA) is 0 Å². The molecule has 17 heavy (non-hydrogen) atoms. The van der Waals surface area contributed by atoms with Crippen molar-refractivity contribution in [2.24, 2.45) is 23.7 Å². The van der Waals surface area contributed by atoms with Gasteiger partial charge >= 0.3 is 0 Å². The Morgan fingerprint density at radius 2 is 0.824 bits per heavy atom. The van der Waals surface area contributed by atoms with E-state index in [0.29, 0.717) is 0 Å². The predicted molar refractivity (Wildman–Crippen MR) is 73.6 cm³/mol. The molecule has 2 saturated carbocycles. The minimum atomic E-state index is 0. The van der Waals surface area contributed by atoms with Crippen LogP contribution >= 0.6 is 0 Å². The molecule has 0 aromatic rings. The fourth-order valence-corrected chi connectivity index (χ4v) is 3.25. The van der Waals surface area contributed by atoms with E-state index < -0.39 is 0 Å². The Balaban J connectivity index is 0.000000284. The fraction of sp³-hybridized carbons (Fsp3) is 1.00. The van der Waals surface area contributed by atoms with E-state index in [1.807, 2.05) is 0 Å². The van der Waals surface area contributed by atoms with Gasteiger partial charge in [0.2, 0.25) is 0 Å². The van der Waals surface area contributed by atoms with Crippen LogP contribution in [0.3, 0.4) is 0 Å². The van der Waals surface area contributed by atoms with Gasteiger partial charge in [0, 0.05) is 19.5 Å². The molecule has 0 amide bonds. The molecule has 0 bridgehead atoms. The van der Waals surface area contributed by atoms with Crippen molar-refractivity contribution in [3.8, 4) is 0 Å². The fourth-order valence-electron chi connectivity index (χ4n) is 3.25. The van der Waals surface area contributed by atoms with Crippen LogP contribution in [0.15, 0.2) is 0 Å². The standard InChI is InChI=1S/2C8H16.Ru/c2*1-7(2)8-5-3-4-6-8;/h2*7-8H,3-6H2,1-2H3;. The van der Waals surface area contributed by atoms with Crippen molar-refractivity contribution in [3.63, 3.8) is 0 Å². The first-order valence-corrected chi connectivity index (χ1v) is 7.61. The summed E-state index contributed by atoms with van der Waals surface area (Å²) >= 11 is 0. The van der Waals surface area contributed by atoms with E-state index in [9.17, 15) is 0 Å². The van der Waals surface area contributed by atoms with Crippen molar-refractivity contribution in [1.82, 2.24) is 0 Å². The summed E-state index contributed by atoms with van der Waals surface area (Å²) in [6, 6.07) is 0. The molecule has 2 fully saturated rings. The van der Waals surface area contributed by atoms with Gasteiger partial charge in [-0.05, 0) is 23.7 Å². The Hall–Kier alpha value is 0.623. The maximum Gasteiger partial charge on any atom is 0 e. The van der Waals surface area contributed by atoms with E-state index in [0.717, 1.165) is 23.7 Å². The Kier molecular flexibility index (Phi) is 9.89. The molecule has 0 saturated heterocycles. The molecule has 0 nitrogen and oxygen atoms in total. The first-order valence-electron chi connectivity index (χ1n) is 7.61. The maximum absolute atomic E-state index is 2.34.